The van der Waals surface area contributed by atoms with Crippen molar-refractivity contribution in [2.24, 2.45) is 0 Å². The Kier molecular flexibility index (Phi) is 3.64. The van der Waals surface area contributed by atoms with E-state index in [0.29, 0.717) is 11.7 Å². The number of hydrogen-bond acceptors (Lipinski definition) is 2. The van der Waals surface area contributed by atoms with Gasteiger partial charge in [0.15, 0.2) is 0 Å². The van der Waals surface area contributed by atoms with Crippen LogP contribution in [0, 0.1) is 5.82 Å². The van der Waals surface area contributed by atoms with Gasteiger partial charge in [-0.15, -0.1) is 11.8 Å². The summed E-state index contributed by atoms with van der Waals surface area (Å²) in [6, 6.07) is 5.34. The monoisotopic (exact) mass is 238 g/mol. The standard InChI is InChI=1S/C13H15FOS/c1-9(6-7-15)10-2-5-13(12(14)8-10)16-11-3-4-11/h2,5,7-9,11H,3-4,6H2,1H3. The maximum Gasteiger partial charge on any atom is 0.137 e. The van der Waals surface area contributed by atoms with Gasteiger partial charge in [-0.3, -0.25) is 0 Å². The third kappa shape index (κ3) is 2.85. The van der Waals surface area contributed by atoms with Crippen LogP contribution in [-0.2, 0) is 4.79 Å². The fourth-order valence-corrected chi connectivity index (χ4v) is 2.61. The van der Waals surface area contributed by atoms with Crippen molar-refractivity contribution in [1.29, 1.82) is 0 Å². The minimum Gasteiger partial charge on any atom is -0.303 e. The summed E-state index contributed by atoms with van der Waals surface area (Å²) in [4.78, 5) is 11.1. The molecule has 1 aromatic carbocycles. The highest BCUT2D eigenvalue weighted by Crippen LogP contribution is 2.40. The van der Waals surface area contributed by atoms with Gasteiger partial charge in [-0.1, -0.05) is 13.0 Å². The number of rotatable bonds is 5. The molecule has 1 nitrogen and oxygen atoms in total. The summed E-state index contributed by atoms with van der Waals surface area (Å²) in [5.74, 6) is -0.0425. The first kappa shape index (κ1) is 11.6. The van der Waals surface area contributed by atoms with Crippen molar-refractivity contribution in [3.63, 3.8) is 0 Å². The Labute approximate surface area is 99.4 Å². The average Bonchev–Trinajstić information content (AvgIpc) is 3.05. The Morgan fingerprint density at radius 2 is 2.31 bits per heavy atom. The van der Waals surface area contributed by atoms with Crippen molar-refractivity contribution < 1.29 is 9.18 Å². The highest BCUT2D eigenvalue weighted by molar-refractivity contribution is 8.00. The first-order valence-electron chi connectivity index (χ1n) is 5.60. The van der Waals surface area contributed by atoms with Crippen LogP contribution in [-0.4, -0.2) is 11.5 Å². The van der Waals surface area contributed by atoms with Gasteiger partial charge in [0.1, 0.15) is 12.1 Å². The van der Waals surface area contributed by atoms with E-state index in [1.807, 2.05) is 19.1 Å². The van der Waals surface area contributed by atoms with E-state index >= 15 is 0 Å². The first-order valence-corrected chi connectivity index (χ1v) is 6.48. The van der Waals surface area contributed by atoms with E-state index in [1.165, 1.54) is 12.8 Å². The molecule has 0 heterocycles. The molecule has 1 unspecified atom stereocenters. The van der Waals surface area contributed by atoms with Gasteiger partial charge in [-0.2, -0.15) is 0 Å². The summed E-state index contributed by atoms with van der Waals surface area (Å²) in [5, 5.41) is 0.618. The molecule has 1 aromatic rings. The van der Waals surface area contributed by atoms with E-state index in [4.69, 9.17) is 0 Å². The number of hydrogen-bond donors (Lipinski definition) is 0. The van der Waals surface area contributed by atoms with E-state index in [2.05, 4.69) is 0 Å². The highest BCUT2D eigenvalue weighted by Gasteiger charge is 2.24. The molecule has 1 atom stereocenters. The van der Waals surface area contributed by atoms with E-state index in [-0.39, 0.29) is 11.7 Å². The lowest BCUT2D eigenvalue weighted by atomic mass is 9.99. The first-order chi connectivity index (χ1) is 7.70. The predicted molar refractivity (Wildman–Crippen MR) is 64.4 cm³/mol. The summed E-state index contributed by atoms with van der Waals surface area (Å²) < 4.78 is 13.7. The largest absolute Gasteiger partial charge is 0.303 e. The number of carbonyl (C=O) groups is 1. The van der Waals surface area contributed by atoms with Gasteiger partial charge in [0, 0.05) is 16.6 Å². The van der Waals surface area contributed by atoms with Crippen molar-refractivity contribution in [3.8, 4) is 0 Å². The zero-order valence-corrected chi connectivity index (χ0v) is 10.1. The van der Waals surface area contributed by atoms with Crippen LogP contribution in [0.15, 0.2) is 23.1 Å². The number of carbonyl (C=O) groups excluding carboxylic acids is 1. The van der Waals surface area contributed by atoms with Crippen molar-refractivity contribution >= 4 is 18.0 Å². The summed E-state index contributed by atoms with van der Waals surface area (Å²) >= 11 is 1.63. The minimum atomic E-state index is -0.146. The third-order valence-corrected chi connectivity index (χ3v) is 4.18. The molecular weight excluding hydrogens is 223 g/mol. The van der Waals surface area contributed by atoms with E-state index < -0.39 is 0 Å². The fraction of sp³-hybridized carbons (Fsp3) is 0.462. The molecule has 0 radical (unpaired) electrons. The molecule has 1 aliphatic rings. The van der Waals surface area contributed by atoms with Gasteiger partial charge < -0.3 is 4.79 Å². The van der Waals surface area contributed by atoms with Crippen LogP contribution in [0.5, 0.6) is 0 Å². The number of benzene rings is 1. The van der Waals surface area contributed by atoms with Crippen LogP contribution < -0.4 is 0 Å². The molecule has 0 aromatic heterocycles. The lowest BCUT2D eigenvalue weighted by Crippen LogP contribution is -1.96. The van der Waals surface area contributed by atoms with Crippen molar-refractivity contribution in [3.05, 3.63) is 29.6 Å². The smallest absolute Gasteiger partial charge is 0.137 e. The molecule has 1 fully saturated rings. The van der Waals surface area contributed by atoms with Gasteiger partial charge in [0.2, 0.25) is 0 Å². The zero-order valence-electron chi connectivity index (χ0n) is 9.28. The van der Waals surface area contributed by atoms with E-state index in [9.17, 15) is 9.18 Å². The molecule has 2 rings (SSSR count). The maximum absolute atomic E-state index is 13.7. The molecule has 0 N–H and O–H groups in total. The molecule has 1 aliphatic carbocycles. The second-order valence-electron chi connectivity index (χ2n) is 4.31. The second-order valence-corrected chi connectivity index (χ2v) is 5.65. The fourth-order valence-electron chi connectivity index (χ4n) is 1.57. The molecule has 86 valence electrons. The topological polar surface area (TPSA) is 17.1 Å². The lowest BCUT2D eigenvalue weighted by molar-refractivity contribution is -0.108. The van der Waals surface area contributed by atoms with E-state index in [0.717, 1.165) is 16.7 Å². The summed E-state index contributed by atoms with van der Waals surface area (Å²) in [6.45, 7) is 1.94. The predicted octanol–water partition coefficient (Wildman–Crippen LogP) is 3.77. The number of thioether (sulfide) groups is 1. The highest BCUT2D eigenvalue weighted by atomic mass is 32.2. The number of aldehydes is 1. The van der Waals surface area contributed by atoms with Crippen molar-refractivity contribution in [2.45, 2.75) is 42.2 Å². The van der Waals surface area contributed by atoms with Crippen LogP contribution in [0.1, 0.15) is 37.7 Å². The lowest BCUT2D eigenvalue weighted by Gasteiger charge is -2.10. The SMILES string of the molecule is CC(CC=O)c1ccc(SC2CC2)c(F)c1. The molecule has 16 heavy (non-hydrogen) atoms. The molecule has 0 aliphatic heterocycles. The van der Waals surface area contributed by atoms with Crippen molar-refractivity contribution in [1.82, 2.24) is 0 Å². The van der Waals surface area contributed by atoms with Crippen LogP contribution in [0.2, 0.25) is 0 Å². The van der Waals surface area contributed by atoms with Crippen LogP contribution in [0.4, 0.5) is 4.39 Å². The van der Waals surface area contributed by atoms with Crippen LogP contribution in [0.3, 0.4) is 0 Å². The van der Waals surface area contributed by atoms with Crippen LogP contribution >= 0.6 is 11.8 Å². The quantitative estimate of drug-likeness (QED) is 0.726. The van der Waals surface area contributed by atoms with Crippen LogP contribution in [0.25, 0.3) is 0 Å². The molecule has 0 amide bonds. The Morgan fingerprint density at radius 1 is 1.56 bits per heavy atom. The van der Waals surface area contributed by atoms with E-state index in [1.54, 1.807) is 17.8 Å². The number of halogens is 1. The summed E-state index contributed by atoms with van der Waals surface area (Å²) in [7, 11) is 0. The molecular formula is C13H15FOS. The summed E-state index contributed by atoms with van der Waals surface area (Å²) in [5.41, 5.74) is 0.907. The second kappa shape index (κ2) is 5.00. The Morgan fingerprint density at radius 3 is 2.88 bits per heavy atom. The van der Waals surface area contributed by atoms with Gasteiger partial charge in [-0.25, -0.2) is 4.39 Å². The van der Waals surface area contributed by atoms with Crippen molar-refractivity contribution in [2.75, 3.05) is 0 Å². The third-order valence-electron chi connectivity index (χ3n) is 2.79. The van der Waals surface area contributed by atoms with Gasteiger partial charge in [-0.05, 0) is 36.5 Å². The maximum atomic E-state index is 13.7. The average molecular weight is 238 g/mol. The van der Waals surface area contributed by atoms with Gasteiger partial charge in [0.05, 0.1) is 0 Å². The molecule has 0 bridgehead atoms. The minimum absolute atomic E-state index is 0.104. The molecule has 0 spiro atoms. The van der Waals surface area contributed by atoms with Gasteiger partial charge in [0.25, 0.3) is 0 Å². The summed E-state index contributed by atoms with van der Waals surface area (Å²) in [6.07, 6.45) is 3.74. The Balaban J connectivity index is 2.10. The zero-order chi connectivity index (χ0) is 11.5. The normalized spacial score (nSPS) is 17.1. The Bertz CT molecular complexity index is 388. The molecule has 1 saturated carbocycles. The molecule has 3 heteroatoms. The Hall–Kier alpha value is -0.830. The van der Waals surface area contributed by atoms with Gasteiger partial charge >= 0.3 is 0 Å². The molecule has 0 saturated heterocycles.